The molecule has 0 atom stereocenters. The van der Waals surface area contributed by atoms with Crippen LogP contribution in [-0.4, -0.2) is 16.5 Å². The van der Waals surface area contributed by atoms with Crippen LogP contribution >= 0.6 is 27.7 Å². The summed E-state index contributed by atoms with van der Waals surface area (Å²) >= 11 is 5.24. The molecule has 2 aromatic rings. The van der Waals surface area contributed by atoms with E-state index in [1.54, 1.807) is 11.8 Å². The number of thioether (sulfide) groups is 1. The fourth-order valence-corrected chi connectivity index (χ4v) is 3.58. The first-order valence-corrected chi connectivity index (χ1v) is 8.79. The standard InChI is InChI=1S/C16H20BrN3S/c1-11-15(7-4-8-18)12(2)20-16(19-11)10-21-14-6-3-5-13(17)9-14/h3,5-6,9H,4,7-8,10,18H2,1-2H3. The van der Waals surface area contributed by atoms with E-state index in [0.29, 0.717) is 6.54 Å². The van der Waals surface area contributed by atoms with Gasteiger partial charge in [0.1, 0.15) is 5.82 Å². The molecule has 1 aromatic heterocycles. The van der Waals surface area contributed by atoms with Gasteiger partial charge in [-0.25, -0.2) is 9.97 Å². The summed E-state index contributed by atoms with van der Waals surface area (Å²) < 4.78 is 1.10. The number of rotatable bonds is 6. The molecule has 5 heteroatoms. The molecule has 0 unspecified atom stereocenters. The number of aromatic nitrogens is 2. The van der Waals surface area contributed by atoms with Crippen LogP contribution < -0.4 is 5.73 Å². The Morgan fingerprint density at radius 1 is 1.19 bits per heavy atom. The Morgan fingerprint density at radius 3 is 2.52 bits per heavy atom. The normalized spacial score (nSPS) is 10.9. The molecule has 0 aliphatic heterocycles. The zero-order chi connectivity index (χ0) is 15.2. The minimum atomic E-state index is 0.708. The molecule has 0 radical (unpaired) electrons. The highest BCUT2D eigenvalue weighted by Gasteiger charge is 2.08. The Kier molecular flexibility index (Phi) is 6.21. The highest BCUT2D eigenvalue weighted by atomic mass is 79.9. The highest BCUT2D eigenvalue weighted by molar-refractivity contribution is 9.10. The summed E-state index contributed by atoms with van der Waals surface area (Å²) in [5, 5.41) is 0. The van der Waals surface area contributed by atoms with E-state index in [9.17, 15) is 0 Å². The van der Waals surface area contributed by atoms with Crippen molar-refractivity contribution in [2.24, 2.45) is 5.73 Å². The Bertz CT molecular complexity index is 593. The molecule has 1 heterocycles. The molecule has 2 rings (SSSR count). The van der Waals surface area contributed by atoms with Gasteiger partial charge in [-0.2, -0.15) is 0 Å². The molecule has 0 saturated carbocycles. The third kappa shape index (κ3) is 4.80. The molecule has 0 spiro atoms. The first-order chi connectivity index (χ1) is 10.1. The van der Waals surface area contributed by atoms with Crippen molar-refractivity contribution in [1.82, 2.24) is 9.97 Å². The molecule has 0 saturated heterocycles. The largest absolute Gasteiger partial charge is 0.330 e. The maximum Gasteiger partial charge on any atom is 0.139 e. The first-order valence-electron chi connectivity index (χ1n) is 7.01. The van der Waals surface area contributed by atoms with Crippen LogP contribution in [-0.2, 0) is 12.2 Å². The lowest BCUT2D eigenvalue weighted by Gasteiger charge is -2.10. The molecule has 0 amide bonds. The fourth-order valence-electron chi connectivity index (χ4n) is 2.22. The number of nitrogens with two attached hydrogens (primary N) is 1. The van der Waals surface area contributed by atoms with Crippen molar-refractivity contribution in [2.75, 3.05) is 6.54 Å². The Balaban J connectivity index is 2.07. The summed E-state index contributed by atoms with van der Waals surface area (Å²) in [5.74, 6) is 1.68. The third-order valence-electron chi connectivity index (χ3n) is 3.26. The van der Waals surface area contributed by atoms with E-state index >= 15 is 0 Å². The molecular weight excluding hydrogens is 346 g/mol. The molecule has 1 aromatic carbocycles. The minimum absolute atomic E-state index is 0.708. The van der Waals surface area contributed by atoms with Gasteiger partial charge in [0.25, 0.3) is 0 Å². The number of aryl methyl sites for hydroxylation is 2. The Hall–Kier alpha value is -0.910. The van der Waals surface area contributed by atoms with Crippen LogP contribution in [0.15, 0.2) is 33.6 Å². The van der Waals surface area contributed by atoms with Crippen molar-refractivity contribution >= 4 is 27.7 Å². The zero-order valence-electron chi connectivity index (χ0n) is 12.4. The number of hydrogen-bond acceptors (Lipinski definition) is 4. The summed E-state index contributed by atoms with van der Waals surface area (Å²) in [7, 11) is 0. The third-order valence-corrected chi connectivity index (χ3v) is 4.74. The average Bonchev–Trinajstić information content (AvgIpc) is 2.44. The summed E-state index contributed by atoms with van der Waals surface area (Å²) in [4.78, 5) is 10.5. The van der Waals surface area contributed by atoms with Crippen LogP contribution in [0, 0.1) is 13.8 Å². The Labute approximate surface area is 138 Å². The van der Waals surface area contributed by atoms with Gasteiger partial charge in [0.15, 0.2) is 0 Å². The summed E-state index contributed by atoms with van der Waals surface area (Å²) in [6.45, 7) is 4.83. The second kappa shape index (κ2) is 7.92. The topological polar surface area (TPSA) is 51.8 Å². The van der Waals surface area contributed by atoms with Crippen LogP contribution in [0.5, 0.6) is 0 Å². The van der Waals surface area contributed by atoms with Gasteiger partial charge in [-0.05, 0) is 57.0 Å². The second-order valence-corrected chi connectivity index (χ2v) is 6.89. The average molecular weight is 366 g/mol. The quantitative estimate of drug-likeness (QED) is 0.784. The summed E-state index contributed by atoms with van der Waals surface area (Å²) in [6.07, 6.45) is 1.95. The highest BCUT2D eigenvalue weighted by Crippen LogP contribution is 2.25. The predicted molar refractivity (Wildman–Crippen MR) is 92.6 cm³/mol. The van der Waals surface area contributed by atoms with Crippen molar-refractivity contribution in [1.29, 1.82) is 0 Å². The van der Waals surface area contributed by atoms with Crippen LogP contribution in [0.3, 0.4) is 0 Å². The van der Waals surface area contributed by atoms with E-state index in [1.165, 1.54) is 10.5 Å². The number of nitrogens with zero attached hydrogens (tertiary/aromatic N) is 2. The maximum atomic E-state index is 5.58. The molecule has 0 fully saturated rings. The molecule has 3 nitrogen and oxygen atoms in total. The fraction of sp³-hybridized carbons (Fsp3) is 0.375. The van der Waals surface area contributed by atoms with Gasteiger partial charge in [-0.1, -0.05) is 22.0 Å². The minimum Gasteiger partial charge on any atom is -0.330 e. The smallest absolute Gasteiger partial charge is 0.139 e. The van der Waals surface area contributed by atoms with E-state index in [0.717, 1.165) is 40.3 Å². The van der Waals surface area contributed by atoms with Crippen LogP contribution in [0.25, 0.3) is 0 Å². The zero-order valence-corrected chi connectivity index (χ0v) is 14.8. The van der Waals surface area contributed by atoms with E-state index in [2.05, 4.69) is 51.9 Å². The molecule has 21 heavy (non-hydrogen) atoms. The van der Waals surface area contributed by atoms with Crippen molar-refractivity contribution in [3.05, 3.63) is 51.5 Å². The first kappa shape index (κ1) is 16.5. The monoisotopic (exact) mass is 365 g/mol. The van der Waals surface area contributed by atoms with Crippen LogP contribution in [0.2, 0.25) is 0 Å². The van der Waals surface area contributed by atoms with Crippen molar-refractivity contribution in [3.8, 4) is 0 Å². The second-order valence-electron chi connectivity index (χ2n) is 4.93. The van der Waals surface area contributed by atoms with Crippen molar-refractivity contribution in [2.45, 2.75) is 37.3 Å². The van der Waals surface area contributed by atoms with Crippen molar-refractivity contribution < 1.29 is 0 Å². The molecule has 2 N–H and O–H groups in total. The summed E-state index contributed by atoms with van der Waals surface area (Å²) in [5.41, 5.74) is 9.00. The van der Waals surface area contributed by atoms with Gasteiger partial charge >= 0.3 is 0 Å². The van der Waals surface area contributed by atoms with Gasteiger partial charge in [-0.3, -0.25) is 0 Å². The molecule has 0 aliphatic rings. The van der Waals surface area contributed by atoms with E-state index in [1.807, 2.05) is 12.1 Å². The predicted octanol–water partition coefficient (Wildman–Crippen LogP) is 4.04. The van der Waals surface area contributed by atoms with Crippen molar-refractivity contribution in [3.63, 3.8) is 0 Å². The SMILES string of the molecule is Cc1nc(CSc2cccc(Br)c2)nc(C)c1CCCN. The Morgan fingerprint density at radius 2 is 1.90 bits per heavy atom. The summed E-state index contributed by atoms with van der Waals surface area (Å²) in [6, 6.07) is 8.28. The van der Waals surface area contributed by atoms with Crippen LogP contribution in [0.4, 0.5) is 0 Å². The van der Waals surface area contributed by atoms with Gasteiger partial charge in [-0.15, -0.1) is 11.8 Å². The molecule has 0 aliphatic carbocycles. The van der Waals surface area contributed by atoms with Crippen LogP contribution in [0.1, 0.15) is 29.2 Å². The van der Waals surface area contributed by atoms with Gasteiger partial charge in [0.2, 0.25) is 0 Å². The van der Waals surface area contributed by atoms with Gasteiger partial charge in [0.05, 0.1) is 5.75 Å². The number of hydrogen-bond donors (Lipinski definition) is 1. The lowest BCUT2D eigenvalue weighted by atomic mass is 10.1. The molecular formula is C16H20BrN3S. The lowest BCUT2D eigenvalue weighted by Crippen LogP contribution is -2.07. The van der Waals surface area contributed by atoms with Gasteiger partial charge < -0.3 is 5.73 Å². The number of benzene rings is 1. The molecule has 112 valence electrons. The van der Waals surface area contributed by atoms with E-state index in [4.69, 9.17) is 5.73 Å². The van der Waals surface area contributed by atoms with E-state index in [-0.39, 0.29) is 0 Å². The van der Waals surface area contributed by atoms with E-state index < -0.39 is 0 Å². The maximum absolute atomic E-state index is 5.58. The lowest BCUT2D eigenvalue weighted by molar-refractivity contribution is 0.796. The number of halogens is 1. The van der Waals surface area contributed by atoms with Gasteiger partial charge in [0, 0.05) is 20.8 Å². The molecule has 0 bridgehead atoms.